The van der Waals surface area contributed by atoms with E-state index in [-0.39, 0.29) is 5.54 Å². The lowest BCUT2D eigenvalue weighted by Crippen LogP contribution is -2.57. The fraction of sp³-hybridized carbons (Fsp3) is 0.941. The molecule has 4 aliphatic rings. The van der Waals surface area contributed by atoms with Crippen LogP contribution >= 0.6 is 0 Å². The summed E-state index contributed by atoms with van der Waals surface area (Å²) >= 11 is 0. The molecule has 1 saturated heterocycles. The number of nitrogens with two attached hydrogens (primary N) is 1. The summed E-state index contributed by atoms with van der Waals surface area (Å²) in [6, 6.07) is 2.20. The Labute approximate surface area is 128 Å². The largest absolute Gasteiger partial charge is 0.370 e. The predicted octanol–water partition coefficient (Wildman–Crippen LogP) is 2.33. The van der Waals surface area contributed by atoms with E-state index in [2.05, 4.69) is 16.7 Å². The lowest BCUT2D eigenvalue weighted by atomic mass is 9.92. The molecule has 4 rings (SSSR count). The van der Waals surface area contributed by atoms with Gasteiger partial charge in [0.1, 0.15) is 0 Å². The van der Waals surface area contributed by atoms with Gasteiger partial charge < -0.3 is 10.6 Å². The van der Waals surface area contributed by atoms with Crippen molar-refractivity contribution in [2.75, 3.05) is 13.1 Å². The highest BCUT2D eigenvalue weighted by molar-refractivity contribution is 5.81. The number of hydrogen-bond donors (Lipinski definition) is 1. The van der Waals surface area contributed by atoms with Crippen LogP contribution < -0.4 is 5.73 Å². The Bertz CT molecular complexity index is 423. The number of likely N-dealkylation sites (tertiary alicyclic amines) is 1. The minimum absolute atomic E-state index is 0.223. The molecule has 1 spiro atoms. The summed E-state index contributed by atoms with van der Waals surface area (Å²) in [5, 5.41) is 0. The van der Waals surface area contributed by atoms with Crippen LogP contribution in [0.15, 0.2) is 4.99 Å². The van der Waals surface area contributed by atoms with Crippen LogP contribution in [0.3, 0.4) is 0 Å². The molecule has 2 saturated carbocycles. The quantitative estimate of drug-likeness (QED) is 0.794. The molecule has 118 valence electrons. The molecule has 0 aromatic rings. The van der Waals surface area contributed by atoms with Crippen molar-refractivity contribution in [3.63, 3.8) is 0 Å². The van der Waals surface area contributed by atoms with Gasteiger partial charge in [-0.25, -0.2) is 0 Å². The Morgan fingerprint density at radius 1 is 1.05 bits per heavy atom. The lowest BCUT2D eigenvalue weighted by molar-refractivity contribution is 0.136. The van der Waals surface area contributed by atoms with E-state index in [4.69, 9.17) is 10.7 Å². The van der Waals surface area contributed by atoms with E-state index in [1.165, 1.54) is 64.3 Å². The maximum Gasteiger partial charge on any atom is 0.192 e. The molecule has 3 fully saturated rings. The van der Waals surface area contributed by atoms with Gasteiger partial charge in [0.25, 0.3) is 0 Å². The Morgan fingerprint density at radius 2 is 1.76 bits per heavy atom. The topological polar surface area (TPSA) is 44.9 Å². The van der Waals surface area contributed by atoms with Crippen LogP contribution in [0.2, 0.25) is 0 Å². The number of rotatable bonds is 2. The summed E-state index contributed by atoms with van der Waals surface area (Å²) < 4.78 is 0. The zero-order chi connectivity index (χ0) is 14.4. The van der Waals surface area contributed by atoms with Gasteiger partial charge in [-0.15, -0.1) is 0 Å². The fourth-order valence-corrected chi connectivity index (χ4v) is 5.13. The highest BCUT2D eigenvalue weighted by Crippen LogP contribution is 2.43. The third-order valence-corrected chi connectivity index (χ3v) is 6.22. The average molecular weight is 290 g/mol. The van der Waals surface area contributed by atoms with Gasteiger partial charge in [-0.3, -0.25) is 9.89 Å². The van der Waals surface area contributed by atoms with Crippen LogP contribution in [0.4, 0.5) is 0 Å². The first-order valence-electron chi connectivity index (χ1n) is 9.05. The first-order chi connectivity index (χ1) is 10.2. The molecule has 2 unspecified atom stereocenters. The summed E-state index contributed by atoms with van der Waals surface area (Å²) in [6.07, 6.45) is 12.2. The maximum absolute atomic E-state index is 6.36. The van der Waals surface area contributed by atoms with Gasteiger partial charge >= 0.3 is 0 Å². The van der Waals surface area contributed by atoms with Crippen molar-refractivity contribution in [2.24, 2.45) is 10.7 Å². The summed E-state index contributed by atoms with van der Waals surface area (Å²) in [5.74, 6) is 0.840. The second kappa shape index (κ2) is 5.15. The van der Waals surface area contributed by atoms with E-state index in [0.29, 0.717) is 12.1 Å². The first kappa shape index (κ1) is 13.9. The van der Waals surface area contributed by atoms with Gasteiger partial charge in [-0.2, -0.15) is 0 Å². The zero-order valence-electron chi connectivity index (χ0n) is 13.4. The van der Waals surface area contributed by atoms with Crippen LogP contribution in [0.1, 0.15) is 64.7 Å². The first-order valence-corrected chi connectivity index (χ1v) is 9.05. The molecule has 0 aromatic carbocycles. The van der Waals surface area contributed by atoms with Crippen molar-refractivity contribution in [2.45, 2.75) is 88.4 Å². The summed E-state index contributed by atoms with van der Waals surface area (Å²) in [7, 11) is 0. The molecule has 0 bridgehead atoms. The summed E-state index contributed by atoms with van der Waals surface area (Å²) in [4.78, 5) is 10.0. The summed E-state index contributed by atoms with van der Waals surface area (Å²) in [5.41, 5.74) is 6.58. The third-order valence-electron chi connectivity index (χ3n) is 6.22. The maximum atomic E-state index is 6.36. The van der Waals surface area contributed by atoms with Gasteiger partial charge in [0.05, 0.1) is 12.1 Å². The number of hydrogen-bond acceptors (Lipinski definition) is 4. The zero-order valence-corrected chi connectivity index (χ0v) is 13.4. The average Bonchev–Trinajstić information content (AvgIpc) is 3.23. The molecular formula is C17H30N4. The fourth-order valence-electron chi connectivity index (χ4n) is 5.13. The van der Waals surface area contributed by atoms with E-state index in [1.54, 1.807) is 0 Å². The van der Waals surface area contributed by atoms with Crippen LogP contribution in [-0.4, -0.2) is 52.5 Å². The molecule has 0 radical (unpaired) electrons. The molecule has 0 aromatic heterocycles. The molecular weight excluding hydrogens is 260 g/mol. The molecule has 21 heavy (non-hydrogen) atoms. The SMILES string of the molecule is CC1CC2(CN=C(N)N2C2CCCCCC2)CN1C1CC1. The minimum atomic E-state index is 0.223. The highest BCUT2D eigenvalue weighted by Gasteiger charge is 2.54. The molecule has 2 aliphatic carbocycles. The lowest BCUT2D eigenvalue weighted by Gasteiger charge is -2.41. The number of nitrogens with zero attached hydrogens (tertiary/aromatic N) is 3. The van der Waals surface area contributed by atoms with Crippen molar-refractivity contribution in [1.29, 1.82) is 0 Å². The second-order valence-corrected chi connectivity index (χ2v) is 7.87. The van der Waals surface area contributed by atoms with Crippen molar-refractivity contribution in [1.82, 2.24) is 9.80 Å². The van der Waals surface area contributed by atoms with E-state index < -0.39 is 0 Å². The van der Waals surface area contributed by atoms with Crippen molar-refractivity contribution >= 4 is 5.96 Å². The van der Waals surface area contributed by atoms with Crippen LogP contribution in [0.25, 0.3) is 0 Å². The molecule has 2 atom stereocenters. The van der Waals surface area contributed by atoms with Gasteiger partial charge in [0.15, 0.2) is 5.96 Å². The Morgan fingerprint density at radius 3 is 2.43 bits per heavy atom. The van der Waals surface area contributed by atoms with E-state index in [9.17, 15) is 0 Å². The van der Waals surface area contributed by atoms with E-state index in [0.717, 1.165) is 18.5 Å². The second-order valence-electron chi connectivity index (χ2n) is 7.87. The highest BCUT2D eigenvalue weighted by atomic mass is 15.4. The van der Waals surface area contributed by atoms with Crippen molar-refractivity contribution in [3.05, 3.63) is 0 Å². The summed E-state index contributed by atoms with van der Waals surface area (Å²) in [6.45, 7) is 4.54. The standard InChI is InChI=1S/C17H30N4/c1-13-10-17(12-20(13)14-8-9-14)11-19-16(18)21(17)15-6-4-2-3-5-7-15/h13-15H,2-12H2,1H3,(H2,18,19). The van der Waals surface area contributed by atoms with Crippen molar-refractivity contribution < 1.29 is 0 Å². The molecule has 4 nitrogen and oxygen atoms in total. The van der Waals surface area contributed by atoms with Gasteiger partial charge in [0.2, 0.25) is 0 Å². The normalized spacial score (nSPS) is 39.0. The van der Waals surface area contributed by atoms with E-state index >= 15 is 0 Å². The molecule has 2 aliphatic heterocycles. The molecule has 0 amide bonds. The monoisotopic (exact) mass is 290 g/mol. The van der Waals surface area contributed by atoms with Crippen LogP contribution in [-0.2, 0) is 0 Å². The molecule has 2 heterocycles. The number of aliphatic imine (C=N–C) groups is 1. The Hall–Kier alpha value is -0.770. The number of guanidine groups is 1. The van der Waals surface area contributed by atoms with Crippen LogP contribution in [0.5, 0.6) is 0 Å². The third kappa shape index (κ3) is 2.36. The molecule has 4 heteroatoms. The smallest absolute Gasteiger partial charge is 0.192 e. The Kier molecular flexibility index (Phi) is 3.40. The van der Waals surface area contributed by atoms with Gasteiger partial charge in [-0.1, -0.05) is 25.7 Å². The van der Waals surface area contributed by atoms with E-state index in [1.807, 2.05) is 0 Å². The molecule has 2 N–H and O–H groups in total. The van der Waals surface area contributed by atoms with Crippen LogP contribution in [0, 0.1) is 0 Å². The minimum Gasteiger partial charge on any atom is -0.370 e. The van der Waals surface area contributed by atoms with Crippen molar-refractivity contribution in [3.8, 4) is 0 Å². The van der Waals surface area contributed by atoms with Gasteiger partial charge in [-0.05, 0) is 39.0 Å². The Balaban J connectivity index is 1.56. The van der Waals surface area contributed by atoms with Gasteiger partial charge in [0, 0.05) is 24.7 Å². The predicted molar refractivity (Wildman–Crippen MR) is 86.4 cm³/mol.